The van der Waals surface area contributed by atoms with Gasteiger partial charge in [-0.25, -0.2) is 0 Å². The zero-order chi connectivity index (χ0) is 15.1. The largest absolute Gasteiger partial charge is 0.391 e. The molecule has 1 aromatic carbocycles. The van der Waals surface area contributed by atoms with E-state index in [1.54, 1.807) is 0 Å². The number of hydrogen-bond acceptors (Lipinski definition) is 1. The topological polar surface area (TPSA) is 20.2 Å². The number of benzene rings is 1. The molecule has 0 fully saturated rings. The van der Waals surface area contributed by atoms with Gasteiger partial charge in [0.1, 0.15) is 8.07 Å². The molecule has 1 nitrogen and oxygen atoms in total. The van der Waals surface area contributed by atoms with Crippen LogP contribution >= 0.6 is 0 Å². The zero-order valence-electron chi connectivity index (χ0n) is 13.0. The van der Waals surface area contributed by atoms with Gasteiger partial charge in [-0.1, -0.05) is 72.2 Å². The molecule has 0 aromatic heterocycles. The second kappa shape index (κ2) is 7.45. The summed E-state index contributed by atoms with van der Waals surface area (Å²) in [5, 5.41) is 11.0. The highest BCUT2D eigenvalue weighted by Crippen LogP contribution is 2.16. The lowest BCUT2D eigenvalue weighted by Crippen LogP contribution is -2.39. The molecule has 1 aromatic rings. The Morgan fingerprint density at radius 2 is 2.00 bits per heavy atom. The van der Waals surface area contributed by atoms with E-state index in [2.05, 4.69) is 61.0 Å². The molecule has 0 bridgehead atoms. The van der Waals surface area contributed by atoms with Crippen LogP contribution in [0.3, 0.4) is 0 Å². The Hall–Kier alpha value is -1.56. The smallest absolute Gasteiger partial charge is 0.105 e. The van der Waals surface area contributed by atoms with Crippen LogP contribution < -0.4 is 5.19 Å². The second-order valence-corrected chi connectivity index (χ2v) is 10.4. The Morgan fingerprint density at radius 1 is 1.24 bits per heavy atom. The lowest BCUT2D eigenvalue weighted by molar-refractivity contribution is 0.336. The summed E-state index contributed by atoms with van der Waals surface area (Å²) >= 11 is 0. The van der Waals surface area contributed by atoms with Crippen molar-refractivity contribution in [2.45, 2.75) is 38.8 Å². The average molecular weight is 296 g/mol. The molecule has 1 aliphatic rings. The third-order valence-corrected chi connectivity index (χ3v) is 6.79. The van der Waals surface area contributed by atoms with Crippen LogP contribution in [0.4, 0.5) is 0 Å². The van der Waals surface area contributed by atoms with E-state index in [1.165, 1.54) is 23.6 Å². The fourth-order valence-corrected chi connectivity index (χ4v) is 4.87. The van der Waals surface area contributed by atoms with Crippen molar-refractivity contribution in [3.63, 3.8) is 0 Å². The molecule has 0 amide bonds. The van der Waals surface area contributed by atoms with Crippen molar-refractivity contribution >= 4 is 13.3 Å². The SMILES string of the molecule is C[Si](C)(/C=C(\C#CC1=CCCCC1)CO)c1ccccc1. The van der Waals surface area contributed by atoms with Gasteiger partial charge >= 0.3 is 0 Å². The number of aliphatic hydroxyl groups is 1. The van der Waals surface area contributed by atoms with E-state index in [-0.39, 0.29) is 6.61 Å². The molecule has 0 heterocycles. The van der Waals surface area contributed by atoms with E-state index in [1.807, 2.05) is 6.07 Å². The molecule has 2 rings (SSSR count). The first-order valence-corrected chi connectivity index (χ1v) is 10.8. The molecular weight excluding hydrogens is 272 g/mol. The third kappa shape index (κ3) is 4.73. The summed E-state index contributed by atoms with van der Waals surface area (Å²) in [5.74, 6) is 6.44. The second-order valence-electron chi connectivity index (χ2n) is 6.14. The van der Waals surface area contributed by atoms with E-state index in [9.17, 15) is 5.11 Å². The van der Waals surface area contributed by atoms with Gasteiger partial charge in [0.25, 0.3) is 0 Å². The standard InChI is InChI=1S/C19H24OSi/c1-21(2,19-11-7-4-8-12-19)16-18(15-20)14-13-17-9-5-3-6-10-17/h4,7-9,11-12,16,20H,3,5-6,10,15H2,1-2H3/b18-16+. The monoisotopic (exact) mass is 296 g/mol. The van der Waals surface area contributed by atoms with Crippen molar-refractivity contribution in [3.8, 4) is 11.8 Å². The molecule has 0 aliphatic heterocycles. The molecule has 2 heteroatoms. The zero-order valence-corrected chi connectivity index (χ0v) is 14.0. The van der Waals surface area contributed by atoms with Crippen molar-refractivity contribution in [1.29, 1.82) is 0 Å². The maximum Gasteiger partial charge on any atom is 0.105 e. The Kier molecular flexibility index (Phi) is 5.61. The average Bonchev–Trinajstić information content (AvgIpc) is 2.53. The van der Waals surface area contributed by atoms with Crippen LogP contribution in [-0.2, 0) is 0 Å². The lowest BCUT2D eigenvalue weighted by Gasteiger charge is -2.19. The van der Waals surface area contributed by atoms with Gasteiger partial charge in [0.15, 0.2) is 0 Å². The van der Waals surface area contributed by atoms with Gasteiger partial charge in [-0.3, -0.25) is 0 Å². The van der Waals surface area contributed by atoms with Crippen molar-refractivity contribution in [1.82, 2.24) is 0 Å². The molecule has 21 heavy (non-hydrogen) atoms. The molecule has 0 radical (unpaired) electrons. The minimum Gasteiger partial charge on any atom is -0.391 e. The molecule has 0 atom stereocenters. The van der Waals surface area contributed by atoms with E-state index >= 15 is 0 Å². The number of allylic oxidation sites excluding steroid dienone is 2. The molecule has 1 aliphatic carbocycles. The summed E-state index contributed by atoms with van der Waals surface area (Å²) < 4.78 is 0. The maximum absolute atomic E-state index is 9.60. The minimum atomic E-state index is -1.69. The highest BCUT2D eigenvalue weighted by atomic mass is 28.3. The van der Waals surface area contributed by atoms with Crippen LogP contribution in [0.5, 0.6) is 0 Å². The Labute approximate surface area is 129 Å². The van der Waals surface area contributed by atoms with Crippen LogP contribution in [0.15, 0.2) is 53.3 Å². The van der Waals surface area contributed by atoms with Crippen LogP contribution in [-0.4, -0.2) is 19.8 Å². The number of hydrogen-bond donors (Lipinski definition) is 1. The normalized spacial score (nSPS) is 16.0. The van der Waals surface area contributed by atoms with E-state index in [0.29, 0.717) is 0 Å². The van der Waals surface area contributed by atoms with Crippen molar-refractivity contribution in [2.24, 2.45) is 0 Å². The third-order valence-electron chi connectivity index (χ3n) is 3.90. The van der Waals surface area contributed by atoms with Gasteiger partial charge in [0.05, 0.1) is 6.61 Å². The molecule has 0 saturated carbocycles. The molecule has 110 valence electrons. The predicted octanol–water partition coefficient (Wildman–Crippen LogP) is 3.56. The summed E-state index contributed by atoms with van der Waals surface area (Å²) in [4.78, 5) is 0. The molecule has 0 spiro atoms. The summed E-state index contributed by atoms with van der Waals surface area (Å²) in [7, 11) is -1.69. The first kappa shape index (κ1) is 15.8. The molecule has 0 saturated heterocycles. The Bertz CT molecular complexity index is 585. The molecule has 0 unspecified atom stereocenters. The Balaban J connectivity index is 2.20. The minimum absolute atomic E-state index is 0.0313. The van der Waals surface area contributed by atoms with Gasteiger partial charge in [0.2, 0.25) is 0 Å². The Morgan fingerprint density at radius 3 is 2.62 bits per heavy atom. The van der Waals surface area contributed by atoms with Gasteiger partial charge in [-0.05, 0) is 31.3 Å². The summed E-state index contributed by atoms with van der Waals surface area (Å²) in [6.07, 6.45) is 6.99. The van der Waals surface area contributed by atoms with Crippen molar-refractivity contribution in [3.05, 3.63) is 53.3 Å². The first-order chi connectivity index (χ1) is 10.1. The fourth-order valence-electron chi connectivity index (χ4n) is 2.62. The number of rotatable bonds is 3. The predicted molar refractivity (Wildman–Crippen MR) is 93.1 cm³/mol. The lowest BCUT2D eigenvalue weighted by atomic mass is 10.00. The van der Waals surface area contributed by atoms with Crippen molar-refractivity contribution < 1.29 is 5.11 Å². The van der Waals surface area contributed by atoms with Crippen LogP contribution in [0.1, 0.15) is 25.7 Å². The van der Waals surface area contributed by atoms with Gasteiger partial charge < -0.3 is 5.11 Å². The van der Waals surface area contributed by atoms with Gasteiger partial charge in [0, 0.05) is 5.57 Å². The first-order valence-electron chi connectivity index (χ1n) is 7.71. The van der Waals surface area contributed by atoms with E-state index in [0.717, 1.165) is 18.4 Å². The van der Waals surface area contributed by atoms with E-state index in [4.69, 9.17) is 0 Å². The van der Waals surface area contributed by atoms with Crippen LogP contribution in [0.25, 0.3) is 0 Å². The van der Waals surface area contributed by atoms with Gasteiger partial charge in [-0.15, -0.1) is 0 Å². The van der Waals surface area contributed by atoms with Crippen LogP contribution in [0, 0.1) is 11.8 Å². The van der Waals surface area contributed by atoms with E-state index < -0.39 is 8.07 Å². The summed E-state index contributed by atoms with van der Waals surface area (Å²) in [6.45, 7) is 4.61. The molecular formula is C19H24OSi. The highest BCUT2D eigenvalue weighted by Gasteiger charge is 2.20. The maximum atomic E-state index is 9.60. The fraction of sp³-hybridized carbons (Fsp3) is 0.368. The molecule has 1 N–H and O–H groups in total. The quantitative estimate of drug-likeness (QED) is 0.668. The van der Waals surface area contributed by atoms with Crippen molar-refractivity contribution in [2.75, 3.05) is 6.61 Å². The van der Waals surface area contributed by atoms with Crippen LogP contribution in [0.2, 0.25) is 13.1 Å². The number of aliphatic hydroxyl groups excluding tert-OH is 1. The van der Waals surface area contributed by atoms with Gasteiger partial charge in [-0.2, -0.15) is 0 Å². The summed E-state index contributed by atoms with van der Waals surface area (Å²) in [6, 6.07) is 10.5. The highest BCUT2D eigenvalue weighted by molar-refractivity contribution is 6.94. The summed E-state index contributed by atoms with van der Waals surface area (Å²) in [5.41, 5.74) is 4.32.